The van der Waals surface area contributed by atoms with Gasteiger partial charge in [0.05, 0.1) is 6.42 Å². The summed E-state index contributed by atoms with van der Waals surface area (Å²) in [6.07, 6.45) is 3.06. The number of hydrogen-bond acceptors (Lipinski definition) is 3. The van der Waals surface area contributed by atoms with Gasteiger partial charge in [-0.05, 0) is 18.8 Å². The van der Waals surface area contributed by atoms with E-state index >= 15 is 0 Å². The minimum absolute atomic E-state index is 0.137. The first-order valence-corrected chi connectivity index (χ1v) is 5.08. The molecule has 0 aromatic carbocycles. The second-order valence-electron chi connectivity index (χ2n) is 3.54. The van der Waals surface area contributed by atoms with E-state index in [4.69, 9.17) is 10.8 Å². The maximum atomic E-state index is 11.2. The molecule has 0 unspecified atom stereocenters. The van der Waals surface area contributed by atoms with E-state index in [9.17, 15) is 9.59 Å². The van der Waals surface area contributed by atoms with Gasteiger partial charge in [0.2, 0.25) is 11.8 Å². The summed E-state index contributed by atoms with van der Waals surface area (Å²) in [5.41, 5.74) is 4.99. The van der Waals surface area contributed by atoms with Crippen molar-refractivity contribution in [1.82, 2.24) is 5.32 Å². The SMILES string of the molecule is C[C@@H]([CH]C(=O)NCCCCO)CC(N)=O. The molecule has 1 radical (unpaired) electrons. The van der Waals surface area contributed by atoms with Gasteiger partial charge in [-0.15, -0.1) is 0 Å². The van der Waals surface area contributed by atoms with E-state index in [2.05, 4.69) is 5.32 Å². The van der Waals surface area contributed by atoms with Gasteiger partial charge in [0.25, 0.3) is 0 Å². The minimum atomic E-state index is -0.410. The molecule has 0 heterocycles. The van der Waals surface area contributed by atoms with Crippen LogP contribution >= 0.6 is 0 Å². The maximum absolute atomic E-state index is 11.2. The molecule has 15 heavy (non-hydrogen) atoms. The van der Waals surface area contributed by atoms with E-state index in [0.717, 1.165) is 6.42 Å². The number of primary amides is 1. The second-order valence-corrected chi connectivity index (χ2v) is 3.54. The Morgan fingerprint density at radius 3 is 2.67 bits per heavy atom. The highest BCUT2D eigenvalue weighted by molar-refractivity contribution is 5.86. The van der Waals surface area contributed by atoms with Crippen LogP contribution < -0.4 is 11.1 Å². The highest BCUT2D eigenvalue weighted by Gasteiger charge is 2.11. The number of nitrogens with two attached hydrogens (primary N) is 1. The molecular weight excluding hydrogens is 196 g/mol. The predicted molar refractivity (Wildman–Crippen MR) is 56.6 cm³/mol. The monoisotopic (exact) mass is 215 g/mol. The summed E-state index contributed by atoms with van der Waals surface area (Å²) in [6.45, 7) is 2.44. The maximum Gasteiger partial charge on any atom is 0.224 e. The summed E-state index contributed by atoms with van der Waals surface area (Å²) >= 11 is 0. The van der Waals surface area contributed by atoms with Crippen molar-refractivity contribution in [2.45, 2.75) is 26.2 Å². The number of nitrogens with one attached hydrogen (secondary N) is 1. The molecule has 0 bridgehead atoms. The van der Waals surface area contributed by atoms with E-state index in [1.54, 1.807) is 6.92 Å². The van der Waals surface area contributed by atoms with E-state index in [1.165, 1.54) is 6.42 Å². The number of aliphatic hydroxyl groups excluding tert-OH is 1. The summed E-state index contributed by atoms with van der Waals surface area (Å²) in [7, 11) is 0. The number of hydrogen-bond donors (Lipinski definition) is 3. The molecule has 87 valence electrons. The van der Waals surface area contributed by atoms with Crippen LogP contribution in [0.2, 0.25) is 0 Å². The molecule has 0 rings (SSSR count). The molecule has 0 spiro atoms. The van der Waals surface area contributed by atoms with Crippen molar-refractivity contribution in [2.24, 2.45) is 11.7 Å². The van der Waals surface area contributed by atoms with E-state index < -0.39 is 5.91 Å². The van der Waals surface area contributed by atoms with Gasteiger partial charge >= 0.3 is 0 Å². The third kappa shape index (κ3) is 9.21. The number of carbonyl (C=O) groups is 2. The molecule has 0 saturated carbocycles. The fraction of sp³-hybridized carbons (Fsp3) is 0.700. The Hall–Kier alpha value is -1.10. The minimum Gasteiger partial charge on any atom is -0.396 e. The summed E-state index contributed by atoms with van der Waals surface area (Å²) in [5.74, 6) is -0.742. The van der Waals surface area contributed by atoms with Gasteiger partial charge in [-0.3, -0.25) is 9.59 Å². The number of carbonyl (C=O) groups excluding carboxylic acids is 2. The van der Waals surface area contributed by atoms with Gasteiger partial charge in [-0.2, -0.15) is 0 Å². The van der Waals surface area contributed by atoms with E-state index in [0.29, 0.717) is 13.0 Å². The van der Waals surface area contributed by atoms with Crippen LogP contribution in [0.1, 0.15) is 26.2 Å². The average Bonchev–Trinajstić information content (AvgIpc) is 2.10. The van der Waals surface area contributed by atoms with Crippen LogP contribution in [0.15, 0.2) is 0 Å². The van der Waals surface area contributed by atoms with Crippen molar-refractivity contribution in [3.63, 3.8) is 0 Å². The third-order valence-electron chi connectivity index (χ3n) is 1.84. The van der Waals surface area contributed by atoms with Crippen molar-refractivity contribution in [1.29, 1.82) is 0 Å². The van der Waals surface area contributed by atoms with Crippen molar-refractivity contribution in [3.05, 3.63) is 6.42 Å². The van der Waals surface area contributed by atoms with Gasteiger partial charge in [0, 0.05) is 19.6 Å². The molecule has 0 aromatic heterocycles. The first-order chi connectivity index (χ1) is 7.06. The van der Waals surface area contributed by atoms with Crippen LogP contribution in [0, 0.1) is 12.3 Å². The van der Waals surface area contributed by atoms with Crippen LogP contribution in [0.3, 0.4) is 0 Å². The molecule has 1 atom stereocenters. The Morgan fingerprint density at radius 2 is 2.13 bits per heavy atom. The highest BCUT2D eigenvalue weighted by atomic mass is 16.3. The van der Waals surface area contributed by atoms with Gasteiger partial charge < -0.3 is 16.2 Å². The smallest absolute Gasteiger partial charge is 0.224 e. The highest BCUT2D eigenvalue weighted by Crippen LogP contribution is 2.04. The zero-order valence-electron chi connectivity index (χ0n) is 9.03. The lowest BCUT2D eigenvalue weighted by atomic mass is 10.0. The topological polar surface area (TPSA) is 92.4 Å². The van der Waals surface area contributed by atoms with Crippen molar-refractivity contribution in [2.75, 3.05) is 13.2 Å². The largest absolute Gasteiger partial charge is 0.396 e. The molecule has 4 N–H and O–H groups in total. The van der Waals surface area contributed by atoms with E-state index in [1.807, 2.05) is 0 Å². The molecule has 0 aliphatic heterocycles. The Kier molecular flexibility index (Phi) is 7.62. The van der Waals surface area contributed by atoms with Crippen LogP contribution in [0.5, 0.6) is 0 Å². The van der Waals surface area contributed by atoms with Gasteiger partial charge in [0.1, 0.15) is 0 Å². The van der Waals surface area contributed by atoms with Crippen LogP contribution in [-0.2, 0) is 9.59 Å². The fourth-order valence-electron chi connectivity index (χ4n) is 1.14. The summed E-state index contributed by atoms with van der Waals surface area (Å²) in [6, 6.07) is 0. The molecule has 0 aliphatic rings. The van der Waals surface area contributed by atoms with Crippen LogP contribution in [0.25, 0.3) is 0 Å². The molecule has 0 aliphatic carbocycles. The van der Waals surface area contributed by atoms with Crippen molar-refractivity contribution < 1.29 is 14.7 Å². The third-order valence-corrected chi connectivity index (χ3v) is 1.84. The second kappa shape index (κ2) is 8.23. The summed E-state index contributed by atoms with van der Waals surface area (Å²) in [4.78, 5) is 21.7. The quantitative estimate of drug-likeness (QED) is 0.481. The number of rotatable bonds is 8. The zero-order valence-corrected chi connectivity index (χ0v) is 9.03. The number of unbranched alkanes of at least 4 members (excludes halogenated alkanes) is 1. The standard InChI is InChI=1S/C10H19N2O3/c1-8(6-9(11)14)7-10(15)12-4-2-3-5-13/h7-8,13H,2-6H2,1H3,(H2,11,14)(H,12,15)/t8-/m1/s1. The first-order valence-electron chi connectivity index (χ1n) is 5.08. The molecule has 0 fully saturated rings. The predicted octanol–water partition coefficient (Wildman–Crippen LogP) is -0.409. The van der Waals surface area contributed by atoms with Crippen LogP contribution in [-0.4, -0.2) is 30.1 Å². The van der Waals surface area contributed by atoms with Gasteiger partial charge in [0.15, 0.2) is 0 Å². The number of aliphatic hydroxyl groups is 1. The first kappa shape index (κ1) is 13.9. The van der Waals surface area contributed by atoms with Crippen molar-refractivity contribution in [3.8, 4) is 0 Å². The fourth-order valence-corrected chi connectivity index (χ4v) is 1.14. The zero-order chi connectivity index (χ0) is 11.7. The van der Waals surface area contributed by atoms with Gasteiger partial charge in [-0.25, -0.2) is 0 Å². The molecule has 0 aromatic rings. The lowest BCUT2D eigenvalue weighted by Gasteiger charge is -2.08. The van der Waals surface area contributed by atoms with Crippen LogP contribution in [0.4, 0.5) is 0 Å². The Morgan fingerprint density at radius 1 is 1.47 bits per heavy atom. The lowest BCUT2D eigenvalue weighted by Crippen LogP contribution is -2.28. The molecular formula is C10H19N2O3. The Labute approximate surface area is 90.0 Å². The molecule has 5 nitrogen and oxygen atoms in total. The molecule has 2 amide bonds. The van der Waals surface area contributed by atoms with Gasteiger partial charge in [-0.1, -0.05) is 6.92 Å². The average molecular weight is 215 g/mol. The number of amides is 2. The van der Waals surface area contributed by atoms with E-state index in [-0.39, 0.29) is 24.9 Å². The lowest BCUT2D eigenvalue weighted by molar-refractivity contribution is -0.119. The Bertz CT molecular complexity index is 207. The Balaban J connectivity index is 3.51. The molecule has 5 heteroatoms. The summed E-state index contributed by atoms with van der Waals surface area (Å²) < 4.78 is 0. The molecule has 0 saturated heterocycles. The summed E-state index contributed by atoms with van der Waals surface area (Å²) in [5, 5.41) is 11.2. The van der Waals surface area contributed by atoms with Crippen molar-refractivity contribution >= 4 is 11.8 Å². The normalized spacial score (nSPS) is 12.1.